The van der Waals surface area contributed by atoms with Gasteiger partial charge in [-0.05, 0) is 37.6 Å². The molecule has 32 heavy (non-hydrogen) atoms. The minimum atomic E-state index is -1.19. The molecule has 0 aliphatic heterocycles. The number of hydrogen-bond acceptors (Lipinski definition) is 6. The molecule has 3 heterocycles. The zero-order chi connectivity index (χ0) is 23.2. The molecule has 1 atom stereocenters. The van der Waals surface area contributed by atoms with Gasteiger partial charge in [-0.1, -0.05) is 17.7 Å². The first kappa shape index (κ1) is 21.5. The van der Waals surface area contributed by atoms with Crippen molar-refractivity contribution in [3.8, 4) is 11.6 Å². The maximum absolute atomic E-state index is 13.2. The van der Waals surface area contributed by atoms with Gasteiger partial charge >= 0.3 is 5.97 Å². The first-order chi connectivity index (χ1) is 15.2. The van der Waals surface area contributed by atoms with E-state index in [2.05, 4.69) is 15.3 Å². The van der Waals surface area contributed by atoms with Gasteiger partial charge in [0.05, 0.1) is 22.6 Å². The number of halogens is 1. The van der Waals surface area contributed by atoms with Crippen LogP contribution in [0.5, 0.6) is 0 Å². The van der Waals surface area contributed by atoms with Gasteiger partial charge in [-0.2, -0.15) is 0 Å². The standard InChI is InChI=1S/C22H21ClN6O3/c1-11-9-13(12(2)25-15-5-6-16(23)26-18(15)22(31)32)17-14(10-11)21(30)29(4)20(27-17)19-24-7-8-28(19)3/h5-10,12,25H,1-4H3,(H,31,32). The van der Waals surface area contributed by atoms with Gasteiger partial charge in [0.1, 0.15) is 5.15 Å². The number of rotatable bonds is 5. The molecule has 9 nitrogen and oxygen atoms in total. The summed E-state index contributed by atoms with van der Waals surface area (Å²) in [5, 5.41) is 13.2. The summed E-state index contributed by atoms with van der Waals surface area (Å²) in [5.41, 5.74) is 2.10. The van der Waals surface area contributed by atoms with Crippen molar-refractivity contribution >= 4 is 34.2 Å². The summed E-state index contributed by atoms with van der Waals surface area (Å²) in [6.07, 6.45) is 3.43. The van der Waals surface area contributed by atoms with E-state index >= 15 is 0 Å². The Kier molecular flexibility index (Phi) is 5.43. The molecule has 0 saturated heterocycles. The van der Waals surface area contributed by atoms with Crippen molar-refractivity contribution in [1.29, 1.82) is 0 Å². The van der Waals surface area contributed by atoms with Crippen LogP contribution in [0.2, 0.25) is 5.15 Å². The number of anilines is 1. The van der Waals surface area contributed by atoms with Crippen LogP contribution in [0.25, 0.3) is 22.6 Å². The van der Waals surface area contributed by atoms with Gasteiger partial charge in [0.15, 0.2) is 17.3 Å². The molecule has 10 heteroatoms. The Morgan fingerprint density at radius 2 is 1.94 bits per heavy atom. The minimum Gasteiger partial charge on any atom is -0.476 e. The molecular weight excluding hydrogens is 432 g/mol. The zero-order valence-electron chi connectivity index (χ0n) is 17.9. The molecule has 4 rings (SSSR count). The van der Waals surface area contributed by atoms with Crippen molar-refractivity contribution in [2.45, 2.75) is 19.9 Å². The van der Waals surface area contributed by atoms with Crippen LogP contribution >= 0.6 is 11.6 Å². The molecule has 164 valence electrons. The van der Waals surface area contributed by atoms with Gasteiger partial charge < -0.3 is 15.0 Å². The number of imidazole rings is 1. The Hall–Kier alpha value is -3.72. The average Bonchev–Trinajstić information content (AvgIpc) is 3.17. The van der Waals surface area contributed by atoms with Crippen LogP contribution in [0.15, 0.2) is 41.5 Å². The Morgan fingerprint density at radius 1 is 1.19 bits per heavy atom. The summed E-state index contributed by atoms with van der Waals surface area (Å²) in [4.78, 5) is 37.8. The van der Waals surface area contributed by atoms with E-state index in [-0.39, 0.29) is 22.4 Å². The van der Waals surface area contributed by atoms with Crippen LogP contribution in [-0.2, 0) is 14.1 Å². The number of carboxylic acids is 1. The number of nitrogens with one attached hydrogen (secondary N) is 1. The Labute approximate surface area is 188 Å². The lowest BCUT2D eigenvalue weighted by atomic mass is 10.0. The maximum Gasteiger partial charge on any atom is 0.356 e. The predicted octanol–water partition coefficient (Wildman–Crippen LogP) is 3.56. The van der Waals surface area contributed by atoms with E-state index in [0.29, 0.717) is 28.2 Å². The van der Waals surface area contributed by atoms with Crippen molar-refractivity contribution in [2.75, 3.05) is 5.32 Å². The van der Waals surface area contributed by atoms with Crippen LogP contribution in [0.3, 0.4) is 0 Å². The van der Waals surface area contributed by atoms with Gasteiger partial charge in [-0.15, -0.1) is 0 Å². The van der Waals surface area contributed by atoms with Crippen LogP contribution < -0.4 is 10.9 Å². The number of aromatic nitrogens is 5. The Balaban J connectivity index is 1.89. The molecule has 1 aromatic carbocycles. The van der Waals surface area contributed by atoms with E-state index in [1.165, 1.54) is 10.6 Å². The van der Waals surface area contributed by atoms with E-state index in [1.807, 2.05) is 27.0 Å². The molecule has 4 aromatic rings. The number of benzene rings is 1. The highest BCUT2D eigenvalue weighted by molar-refractivity contribution is 6.29. The van der Waals surface area contributed by atoms with Gasteiger partial charge in [-0.3, -0.25) is 9.36 Å². The third-order valence-electron chi connectivity index (χ3n) is 5.28. The van der Waals surface area contributed by atoms with E-state index in [1.54, 1.807) is 36.1 Å². The second-order valence-electron chi connectivity index (χ2n) is 7.61. The normalized spacial score (nSPS) is 12.2. The van der Waals surface area contributed by atoms with Gasteiger partial charge in [0, 0.05) is 32.1 Å². The smallest absolute Gasteiger partial charge is 0.356 e. The SMILES string of the molecule is Cc1cc(C(C)Nc2ccc(Cl)nc2C(=O)O)c2nc(-c3nccn3C)n(C)c(=O)c2c1. The highest BCUT2D eigenvalue weighted by Crippen LogP contribution is 2.29. The number of aromatic carboxylic acids is 1. The number of carbonyl (C=O) groups is 1. The van der Waals surface area contributed by atoms with Crippen molar-refractivity contribution in [2.24, 2.45) is 14.1 Å². The monoisotopic (exact) mass is 452 g/mol. The molecule has 2 N–H and O–H groups in total. The van der Waals surface area contributed by atoms with Crippen LogP contribution in [0, 0.1) is 6.92 Å². The number of pyridine rings is 1. The van der Waals surface area contributed by atoms with Crippen LogP contribution in [-0.4, -0.2) is 35.2 Å². The largest absolute Gasteiger partial charge is 0.476 e. The second-order valence-corrected chi connectivity index (χ2v) is 8.00. The predicted molar refractivity (Wildman–Crippen MR) is 122 cm³/mol. The fourth-order valence-electron chi connectivity index (χ4n) is 3.69. The van der Waals surface area contributed by atoms with E-state index in [4.69, 9.17) is 16.6 Å². The summed E-state index contributed by atoms with van der Waals surface area (Å²) in [6, 6.07) is 6.44. The fourth-order valence-corrected chi connectivity index (χ4v) is 3.84. The topological polar surface area (TPSA) is 115 Å². The quantitative estimate of drug-likeness (QED) is 0.445. The van der Waals surface area contributed by atoms with Crippen LogP contribution in [0.4, 0.5) is 5.69 Å². The highest BCUT2D eigenvalue weighted by atomic mass is 35.5. The molecule has 3 aromatic heterocycles. The van der Waals surface area contributed by atoms with Crippen LogP contribution in [0.1, 0.15) is 34.6 Å². The third-order valence-corrected chi connectivity index (χ3v) is 5.49. The fraction of sp³-hybridized carbons (Fsp3) is 0.227. The minimum absolute atomic E-state index is 0.0893. The van der Waals surface area contributed by atoms with Gasteiger partial charge in [0.2, 0.25) is 0 Å². The number of carboxylic acid groups (broad SMARTS) is 1. The highest BCUT2D eigenvalue weighted by Gasteiger charge is 2.21. The molecule has 0 fully saturated rings. The number of aryl methyl sites for hydroxylation is 2. The molecule has 0 spiro atoms. The molecule has 0 bridgehead atoms. The zero-order valence-corrected chi connectivity index (χ0v) is 18.7. The first-order valence-corrected chi connectivity index (χ1v) is 10.2. The van der Waals surface area contributed by atoms with Crippen molar-refractivity contribution in [3.63, 3.8) is 0 Å². The molecule has 1 unspecified atom stereocenters. The van der Waals surface area contributed by atoms with E-state index < -0.39 is 5.97 Å². The molecule has 0 amide bonds. The number of hydrogen-bond donors (Lipinski definition) is 2. The summed E-state index contributed by atoms with van der Waals surface area (Å²) in [6.45, 7) is 3.77. The van der Waals surface area contributed by atoms with E-state index in [9.17, 15) is 14.7 Å². The van der Waals surface area contributed by atoms with Gasteiger partial charge in [0.25, 0.3) is 5.56 Å². The lowest BCUT2D eigenvalue weighted by Gasteiger charge is -2.20. The Morgan fingerprint density at radius 3 is 2.59 bits per heavy atom. The van der Waals surface area contributed by atoms with Gasteiger partial charge in [-0.25, -0.2) is 19.7 Å². The Bertz CT molecular complexity index is 1430. The summed E-state index contributed by atoms with van der Waals surface area (Å²) in [7, 11) is 3.50. The lowest BCUT2D eigenvalue weighted by molar-refractivity contribution is 0.0691. The molecule has 0 aliphatic rings. The summed E-state index contributed by atoms with van der Waals surface area (Å²) < 4.78 is 3.28. The molecule has 0 aliphatic carbocycles. The average molecular weight is 453 g/mol. The maximum atomic E-state index is 13.2. The third kappa shape index (κ3) is 3.71. The van der Waals surface area contributed by atoms with Crippen molar-refractivity contribution < 1.29 is 9.90 Å². The molecular formula is C22H21ClN6O3. The summed E-state index contributed by atoms with van der Waals surface area (Å²) >= 11 is 5.87. The summed E-state index contributed by atoms with van der Waals surface area (Å²) in [5.74, 6) is -0.194. The first-order valence-electron chi connectivity index (χ1n) is 9.82. The lowest BCUT2D eigenvalue weighted by Crippen LogP contribution is -2.23. The number of fused-ring (bicyclic) bond motifs is 1. The van der Waals surface area contributed by atoms with Crippen molar-refractivity contribution in [3.05, 3.63) is 69.0 Å². The molecule has 0 radical (unpaired) electrons. The number of nitrogens with zero attached hydrogens (tertiary/aromatic N) is 5. The second kappa shape index (κ2) is 8.08. The molecule has 0 saturated carbocycles. The van der Waals surface area contributed by atoms with Crippen molar-refractivity contribution in [1.82, 2.24) is 24.1 Å². The van der Waals surface area contributed by atoms with E-state index in [0.717, 1.165) is 11.1 Å².